The number of nitrogen functional groups attached to an aromatic ring is 1. The number of rotatable bonds is 10. The topological polar surface area (TPSA) is 102 Å². The molecule has 8 heteroatoms. The van der Waals surface area contributed by atoms with E-state index in [1.54, 1.807) is 7.11 Å². The molecule has 0 amide bonds. The van der Waals surface area contributed by atoms with Gasteiger partial charge in [0.15, 0.2) is 0 Å². The van der Waals surface area contributed by atoms with Gasteiger partial charge in [-0.05, 0) is 24.9 Å². The first-order valence-corrected chi connectivity index (χ1v) is 8.35. The Morgan fingerprint density at radius 3 is 2.76 bits per heavy atom. The summed E-state index contributed by atoms with van der Waals surface area (Å²) < 4.78 is 6.24. The van der Waals surface area contributed by atoms with E-state index < -0.39 is 11.2 Å². The fraction of sp³-hybridized carbons (Fsp3) is 0.692. The van der Waals surface area contributed by atoms with Crippen molar-refractivity contribution >= 4 is 23.3 Å². The van der Waals surface area contributed by atoms with Gasteiger partial charge in [0.2, 0.25) is 0 Å². The van der Waals surface area contributed by atoms with Crippen molar-refractivity contribution in [3.63, 3.8) is 0 Å². The fourth-order valence-electron chi connectivity index (χ4n) is 1.92. The quantitative estimate of drug-likeness (QED) is 0.550. The van der Waals surface area contributed by atoms with Crippen molar-refractivity contribution in [1.82, 2.24) is 9.55 Å². The van der Waals surface area contributed by atoms with E-state index in [-0.39, 0.29) is 11.5 Å². The number of nitrogens with two attached hydrogens (primary N) is 1. The van der Waals surface area contributed by atoms with Crippen molar-refractivity contribution in [3.8, 4) is 0 Å². The standard InChI is InChI=1S/C13H24N4O3S/c1-20-8-7-17-11(14)10(12(18)16-13(17)19)15-6-4-3-5-9-21-2/h15H,3-9,14H2,1-2H3,(H,16,18,19). The molecule has 0 spiro atoms. The molecule has 1 heterocycles. The summed E-state index contributed by atoms with van der Waals surface area (Å²) in [6.07, 6.45) is 5.29. The lowest BCUT2D eigenvalue weighted by Crippen LogP contribution is -2.35. The summed E-state index contributed by atoms with van der Waals surface area (Å²) in [6, 6.07) is 0. The van der Waals surface area contributed by atoms with E-state index in [1.807, 2.05) is 11.8 Å². The van der Waals surface area contributed by atoms with Gasteiger partial charge in [0, 0.05) is 13.7 Å². The van der Waals surface area contributed by atoms with Crippen molar-refractivity contribution in [1.29, 1.82) is 0 Å². The Hall–Kier alpha value is -1.41. The van der Waals surface area contributed by atoms with E-state index in [2.05, 4.69) is 16.6 Å². The Kier molecular flexibility index (Phi) is 7.99. The highest BCUT2D eigenvalue weighted by molar-refractivity contribution is 7.98. The molecule has 0 saturated carbocycles. The largest absolute Gasteiger partial charge is 0.383 e. The summed E-state index contributed by atoms with van der Waals surface area (Å²) in [4.78, 5) is 25.8. The molecule has 1 rings (SSSR count). The molecular weight excluding hydrogens is 292 g/mol. The third-order valence-electron chi connectivity index (χ3n) is 3.09. The maximum atomic E-state index is 11.8. The molecule has 1 aromatic rings. The molecule has 1 aromatic heterocycles. The zero-order valence-electron chi connectivity index (χ0n) is 12.6. The summed E-state index contributed by atoms with van der Waals surface area (Å²) in [6.45, 7) is 1.31. The van der Waals surface area contributed by atoms with Crippen LogP contribution in [0.2, 0.25) is 0 Å². The lowest BCUT2D eigenvalue weighted by Gasteiger charge is -2.13. The Morgan fingerprint density at radius 2 is 2.10 bits per heavy atom. The van der Waals surface area contributed by atoms with Gasteiger partial charge in [-0.3, -0.25) is 14.3 Å². The molecule has 0 bridgehead atoms. The first kappa shape index (κ1) is 17.6. The number of methoxy groups -OCH3 is 1. The Balaban J connectivity index is 2.68. The van der Waals surface area contributed by atoms with Crippen LogP contribution in [-0.2, 0) is 11.3 Å². The van der Waals surface area contributed by atoms with Crippen LogP contribution in [0.4, 0.5) is 11.5 Å². The van der Waals surface area contributed by atoms with E-state index in [4.69, 9.17) is 10.5 Å². The smallest absolute Gasteiger partial charge is 0.330 e. The predicted molar refractivity (Wildman–Crippen MR) is 88.3 cm³/mol. The fourth-order valence-corrected chi connectivity index (χ4v) is 2.42. The van der Waals surface area contributed by atoms with Crippen LogP contribution in [0, 0.1) is 0 Å². The number of anilines is 2. The molecule has 0 aliphatic carbocycles. The lowest BCUT2D eigenvalue weighted by molar-refractivity contribution is 0.186. The van der Waals surface area contributed by atoms with Gasteiger partial charge >= 0.3 is 5.69 Å². The summed E-state index contributed by atoms with van der Waals surface area (Å²) in [5.74, 6) is 1.30. The molecule has 120 valence electrons. The average molecular weight is 316 g/mol. The van der Waals surface area contributed by atoms with Crippen LogP contribution in [0.25, 0.3) is 0 Å². The van der Waals surface area contributed by atoms with E-state index >= 15 is 0 Å². The second-order valence-corrected chi connectivity index (χ2v) is 5.63. The minimum atomic E-state index is -0.514. The van der Waals surface area contributed by atoms with E-state index in [0.717, 1.165) is 25.0 Å². The van der Waals surface area contributed by atoms with Crippen LogP contribution in [0.1, 0.15) is 19.3 Å². The third kappa shape index (κ3) is 5.47. The normalized spacial score (nSPS) is 10.8. The molecule has 4 N–H and O–H groups in total. The van der Waals surface area contributed by atoms with Crippen LogP contribution in [-0.4, -0.2) is 41.8 Å². The SMILES string of the molecule is COCCn1c(N)c(NCCCCCSC)c(=O)[nH]c1=O. The third-order valence-corrected chi connectivity index (χ3v) is 3.78. The highest BCUT2D eigenvalue weighted by atomic mass is 32.2. The number of aromatic nitrogens is 2. The first-order chi connectivity index (χ1) is 10.1. The van der Waals surface area contributed by atoms with E-state index in [1.165, 1.54) is 4.57 Å². The molecule has 0 saturated heterocycles. The van der Waals surface area contributed by atoms with Gasteiger partial charge in [0.25, 0.3) is 5.56 Å². The maximum Gasteiger partial charge on any atom is 0.330 e. The lowest BCUT2D eigenvalue weighted by atomic mass is 10.2. The summed E-state index contributed by atoms with van der Waals surface area (Å²) in [5, 5.41) is 3.03. The second kappa shape index (κ2) is 9.51. The molecule has 0 aliphatic heterocycles. The van der Waals surface area contributed by atoms with Gasteiger partial charge in [0.05, 0.1) is 13.2 Å². The van der Waals surface area contributed by atoms with E-state index in [9.17, 15) is 9.59 Å². The van der Waals surface area contributed by atoms with Crippen molar-refractivity contribution in [2.75, 3.05) is 43.3 Å². The maximum absolute atomic E-state index is 11.8. The van der Waals surface area contributed by atoms with Crippen molar-refractivity contribution in [2.45, 2.75) is 25.8 Å². The van der Waals surface area contributed by atoms with Gasteiger partial charge in [-0.15, -0.1) is 0 Å². The van der Waals surface area contributed by atoms with Gasteiger partial charge < -0.3 is 15.8 Å². The number of H-pyrrole nitrogens is 1. The van der Waals surface area contributed by atoms with Crippen molar-refractivity contribution in [2.24, 2.45) is 0 Å². The highest BCUT2D eigenvalue weighted by Crippen LogP contribution is 2.10. The molecule has 7 nitrogen and oxygen atoms in total. The summed E-state index contributed by atoms with van der Waals surface area (Å²) >= 11 is 1.83. The number of hydrogen-bond donors (Lipinski definition) is 3. The van der Waals surface area contributed by atoms with Crippen LogP contribution >= 0.6 is 11.8 Å². The monoisotopic (exact) mass is 316 g/mol. The van der Waals surface area contributed by atoms with Crippen LogP contribution in [0.15, 0.2) is 9.59 Å². The molecule has 21 heavy (non-hydrogen) atoms. The summed E-state index contributed by atoms with van der Waals surface area (Å²) in [7, 11) is 1.54. The Morgan fingerprint density at radius 1 is 1.33 bits per heavy atom. The zero-order chi connectivity index (χ0) is 15.7. The van der Waals surface area contributed by atoms with Gasteiger partial charge in [-0.1, -0.05) is 6.42 Å². The zero-order valence-corrected chi connectivity index (χ0v) is 13.4. The average Bonchev–Trinajstić information content (AvgIpc) is 2.45. The van der Waals surface area contributed by atoms with Crippen LogP contribution < -0.4 is 22.3 Å². The van der Waals surface area contributed by atoms with Crippen LogP contribution in [0.3, 0.4) is 0 Å². The number of ether oxygens (including phenoxy) is 1. The number of nitrogens with zero attached hydrogens (tertiary/aromatic N) is 1. The highest BCUT2D eigenvalue weighted by Gasteiger charge is 2.11. The Labute approximate surface area is 128 Å². The Bertz CT molecular complexity index is 541. The number of hydrogen-bond acceptors (Lipinski definition) is 6. The summed E-state index contributed by atoms with van der Waals surface area (Å²) in [5.41, 5.74) is 5.18. The number of unbranched alkanes of at least 4 members (excludes halogenated alkanes) is 2. The molecule has 0 fully saturated rings. The molecule has 0 unspecified atom stereocenters. The molecule has 0 radical (unpaired) electrons. The van der Waals surface area contributed by atoms with Gasteiger partial charge in [0.1, 0.15) is 11.5 Å². The first-order valence-electron chi connectivity index (χ1n) is 6.96. The van der Waals surface area contributed by atoms with Crippen molar-refractivity contribution < 1.29 is 4.74 Å². The van der Waals surface area contributed by atoms with E-state index in [0.29, 0.717) is 19.7 Å². The van der Waals surface area contributed by atoms with Gasteiger partial charge in [-0.25, -0.2) is 4.79 Å². The number of nitrogens with one attached hydrogen (secondary N) is 2. The molecule has 0 aliphatic rings. The minimum absolute atomic E-state index is 0.157. The number of thioether (sulfide) groups is 1. The minimum Gasteiger partial charge on any atom is -0.383 e. The molecule has 0 aromatic carbocycles. The predicted octanol–water partition coefficient (Wildman–Crippen LogP) is 0.710. The molecule has 0 atom stereocenters. The van der Waals surface area contributed by atoms with Crippen LogP contribution in [0.5, 0.6) is 0 Å². The number of aromatic amines is 1. The molecular formula is C13H24N4O3S. The van der Waals surface area contributed by atoms with Crippen molar-refractivity contribution in [3.05, 3.63) is 20.8 Å². The van der Waals surface area contributed by atoms with Gasteiger partial charge in [-0.2, -0.15) is 11.8 Å². The second-order valence-electron chi connectivity index (χ2n) is 4.64.